The molecular formula is C21H21BrClN3. The minimum absolute atomic E-state index is 0.526. The zero-order chi connectivity index (χ0) is 18.1. The minimum atomic E-state index is 0.526. The lowest BCUT2D eigenvalue weighted by molar-refractivity contribution is 0.426. The highest BCUT2D eigenvalue weighted by atomic mass is 79.9. The Morgan fingerprint density at radius 3 is 2.46 bits per heavy atom. The van der Waals surface area contributed by atoms with Crippen molar-refractivity contribution in [3.63, 3.8) is 0 Å². The average molecular weight is 431 g/mol. The molecule has 1 aliphatic carbocycles. The molecule has 134 valence electrons. The highest BCUT2D eigenvalue weighted by molar-refractivity contribution is 9.10. The van der Waals surface area contributed by atoms with Gasteiger partial charge in [-0.25, -0.2) is 9.97 Å². The van der Waals surface area contributed by atoms with Gasteiger partial charge >= 0.3 is 0 Å². The lowest BCUT2D eigenvalue weighted by atomic mass is 9.94. The van der Waals surface area contributed by atoms with Crippen LogP contribution in [-0.2, 0) is 0 Å². The second kappa shape index (κ2) is 7.53. The second-order valence-electron chi connectivity index (χ2n) is 6.94. The first-order chi connectivity index (χ1) is 12.6. The van der Waals surface area contributed by atoms with E-state index in [2.05, 4.69) is 27.9 Å². The average Bonchev–Trinajstić information content (AvgIpc) is 2.68. The number of hydrogen-bond donors (Lipinski definition) is 0. The van der Waals surface area contributed by atoms with Crippen molar-refractivity contribution in [2.24, 2.45) is 0 Å². The molecule has 3 aromatic rings. The molecule has 0 atom stereocenters. The lowest BCUT2D eigenvalue weighted by Gasteiger charge is -2.33. The lowest BCUT2D eigenvalue weighted by Crippen LogP contribution is -2.34. The molecule has 0 bridgehead atoms. The fourth-order valence-corrected chi connectivity index (χ4v) is 4.16. The van der Waals surface area contributed by atoms with Crippen LogP contribution >= 0.6 is 27.5 Å². The van der Waals surface area contributed by atoms with Gasteiger partial charge in [-0.2, -0.15) is 0 Å². The van der Waals surface area contributed by atoms with Crippen LogP contribution in [-0.4, -0.2) is 23.1 Å². The van der Waals surface area contributed by atoms with E-state index in [1.165, 1.54) is 32.1 Å². The van der Waals surface area contributed by atoms with Crippen molar-refractivity contribution < 1.29 is 0 Å². The highest BCUT2D eigenvalue weighted by Crippen LogP contribution is 2.33. The van der Waals surface area contributed by atoms with E-state index in [9.17, 15) is 0 Å². The maximum absolute atomic E-state index is 6.28. The molecular weight excluding hydrogens is 410 g/mol. The minimum Gasteiger partial charge on any atom is -0.356 e. The van der Waals surface area contributed by atoms with Gasteiger partial charge in [-0.1, -0.05) is 58.9 Å². The summed E-state index contributed by atoms with van der Waals surface area (Å²) in [5.41, 5.74) is 1.95. The first kappa shape index (κ1) is 17.7. The Balaban J connectivity index is 1.85. The van der Waals surface area contributed by atoms with E-state index < -0.39 is 0 Å². The molecule has 3 nitrogen and oxygen atoms in total. The van der Waals surface area contributed by atoms with E-state index in [1.807, 2.05) is 42.5 Å². The van der Waals surface area contributed by atoms with E-state index in [0.29, 0.717) is 6.04 Å². The van der Waals surface area contributed by atoms with Crippen LogP contribution in [0.5, 0.6) is 0 Å². The molecule has 0 aliphatic heterocycles. The quantitative estimate of drug-likeness (QED) is 0.476. The standard InChI is InChI=1S/C21H21BrClN3/c1-26(17-5-3-2-4-6-17)21-18-13-16(23)11-12-19(18)24-20(25-21)14-7-9-15(22)10-8-14/h7-13,17H,2-6H2,1H3. The van der Waals surface area contributed by atoms with Crippen molar-refractivity contribution in [2.75, 3.05) is 11.9 Å². The van der Waals surface area contributed by atoms with Crippen molar-refractivity contribution in [2.45, 2.75) is 38.1 Å². The Morgan fingerprint density at radius 2 is 1.73 bits per heavy atom. The van der Waals surface area contributed by atoms with E-state index in [0.717, 1.165) is 37.6 Å². The summed E-state index contributed by atoms with van der Waals surface area (Å²) in [5, 5.41) is 1.74. The molecule has 4 rings (SSSR count). The topological polar surface area (TPSA) is 29.0 Å². The van der Waals surface area contributed by atoms with Crippen molar-refractivity contribution in [3.05, 3.63) is 52.0 Å². The van der Waals surface area contributed by atoms with Gasteiger partial charge in [0.2, 0.25) is 0 Å². The van der Waals surface area contributed by atoms with Gasteiger partial charge in [-0.15, -0.1) is 0 Å². The molecule has 0 saturated heterocycles. The number of aromatic nitrogens is 2. The van der Waals surface area contributed by atoms with E-state index in [-0.39, 0.29) is 0 Å². The molecule has 2 aromatic carbocycles. The van der Waals surface area contributed by atoms with E-state index in [4.69, 9.17) is 21.6 Å². The summed E-state index contributed by atoms with van der Waals surface area (Å²) in [6, 6.07) is 14.5. The molecule has 0 radical (unpaired) electrons. The molecule has 1 aromatic heterocycles. The Morgan fingerprint density at radius 1 is 1.00 bits per heavy atom. The van der Waals surface area contributed by atoms with Gasteiger partial charge in [0.15, 0.2) is 5.82 Å². The summed E-state index contributed by atoms with van der Waals surface area (Å²) in [6.45, 7) is 0. The van der Waals surface area contributed by atoms with Gasteiger partial charge < -0.3 is 4.90 Å². The van der Waals surface area contributed by atoms with Gasteiger partial charge in [-0.05, 0) is 43.2 Å². The third-order valence-electron chi connectivity index (χ3n) is 5.20. The molecule has 1 heterocycles. The van der Waals surface area contributed by atoms with Gasteiger partial charge in [-0.3, -0.25) is 0 Å². The summed E-state index contributed by atoms with van der Waals surface area (Å²) >= 11 is 9.77. The van der Waals surface area contributed by atoms with Gasteiger partial charge in [0.1, 0.15) is 5.82 Å². The second-order valence-corrected chi connectivity index (χ2v) is 8.29. The summed E-state index contributed by atoms with van der Waals surface area (Å²) in [4.78, 5) is 12.1. The predicted octanol–water partition coefficient (Wildman–Crippen LogP) is 6.48. The van der Waals surface area contributed by atoms with Crippen LogP contribution < -0.4 is 4.90 Å². The number of anilines is 1. The van der Waals surface area contributed by atoms with Crippen LogP contribution in [0.15, 0.2) is 46.9 Å². The monoisotopic (exact) mass is 429 g/mol. The Labute approximate surface area is 167 Å². The van der Waals surface area contributed by atoms with E-state index >= 15 is 0 Å². The maximum Gasteiger partial charge on any atom is 0.162 e. The fourth-order valence-electron chi connectivity index (χ4n) is 3.72. The molecule has 1 fully saturated rings. The number of halogens is 2. The van der Waals surface area contributed by atoms with Crippen LogP contribution in [0.25, 0.3) is 22.3 Å². The number of fused-ring (bicyclic) bond motifs is 1. The van der Waals surface area contributed by atoms with Gasteiger partial charge in [0.05, 0.1) is 5.52 Å². The Hall–Kier alpha value is -1.65. The van der Waals surface area contributed by atoms with Crippen molar-refractivity contribution in [1.82, 2.24) is 9.97 Å². The Kier molecular flexibility index (Phi) is 5.14. The summed E-state index contributed by atoms with van der Waals surface area (Å²) in [6.07, 6.45) is 6.36. The third-order valence-corrected chi connectivity index (χ3v) is 5.96. The predicted molar refractivity (Wildman–Crippen MR) is 113 cm³/mol. The van der Waals surface area contributed by atoms with Crippen molar-refractivity contribution >= 4 is 44.3 Å². The molecule has 0 spiro atoms. The molecule has 1 saturated carbocycles. The number of benzene rings is 2. The molecule has 0 amide bonds. The molecule has 1 aliphatic rings. The zero-order valence-corrected chi connectivity index (χ0v) is 17.1. The third kappa shape index (κ3) is 3.58. The largest absolute Gasteiger partial charge is 0.356 e. The molecule has 5 heteroatoms. The maximum atomic E-state index is 6.28. The van der Waals surface area contributed by atoms with Gasteiger partial charge in [0, 0.05) is 33.5 Å². The SMILES string of the molecule is CN(c1nc(-c2ccc(Br)cc2)nc2ccc(Cl)cc12)C1CCCCC1. The van der Waals surface area contributed by atoms with Crippen molar-refractivity contribution in [3.8, 4) is 11.4 Å². The van der Waals surface area contributed by atoms with Crippen LogP contribution in [0, 0.1) is 0 Å². The Bertz CT molecular complexity index is 920. The number of hydrogen-bond acceptors (Lipinski definition) is 3. The molecule has 0 unspecified atom stereocenters. The summed E-state index contributed by atoms with van der Waals surface area (Å²) < 4.78 is 1.05. The smallest absolute Gasteiger partial charge is 0.162 e. The summed E-state index contributed by atoms with van der Waals surface area (Å²) in [5.74, 6) is 1.73. The molecule has 0 N–H and O–H groups in total. The first-order valence-corrected chi connectivity index (χ1v) is 10.2. The van der Waals surface area contributed by atoms with Crippen LogP contribution in [0.1, 0.15) is 32.1 Å². The zero-order valence-electron chi connectivity index (χ0n) is 14.8. The molecule has 26 heavy (non-hydrogen) atoms. The fraction of sp³-hybridized carbons (Fsp3) is 0.333. The number of rotatable bonds is 3. The van der Waals surface area contributed by atoms with Gasteiger partial charge in [0.25, 0.3) is 0 Å². The van der Waals surface area contributed by atoms with Crippen LogP contribution in [0.4, 0.5) is 5.82 Å². The highest BCUT2D eigenvalue weighted by Gasteiger charge is 2.22. The van der Waals surface area contributed by atoms with Crippen molar-refractivity contribution in [1.29, 1.82) is 0 Å². The van der Waals surface area contributed by atoms with E-state index in [1.54, 1.807) is 0 Å². The first-order valence-electron chi connectivity index (χ1n) is 9.08. The van der Waals surface area contributed by atoms with Crippen LogP contribution in [0.2, 0.25) is 5.02 Å². The summed E-state index contributed by atoms with van der Waals surface area (Å²) in [7, 11) is 2.16. The number of nitrogens with zero attached hydrogens (tertiary/aromatic N) is 3. The van der Waals surface area contributed by atoms with Crippen LogP contribution in [0.3, 0.4) is 0 Å². The normalized spacial score (nSPS) is 15.3.